The monoisotopic (exact) mass is 678 g/mol. The first kappa shape index (κ1) is 31.9. The van der Waals surface area contributed by atoms with Gasteiger partial charge in [-0.2, -0.15) is 15.2 Å². The van der Waals surface area contributed by atoms with Gasteiger partial charge in [-0.05, 0) is 80.3 Å². The van der Waals surface area contributed by atoms with E-state index < -0.39 is 29.4 Å². The maximum Gasteiger partial charge on any atom is 0.407 e. The van der Waals surface area contributed by atoms with Crippen LogP contribution in [-0.4, -0.2) is 101 Å². The number of fused-ring (bicyclic) bond motifs is 4. The molecule has 8 rings (SSSR count). The van der Waals surface area contributed by atoms with Crippen molar-refractivity contribution in [1.82, 2.24) is 19.8 Å². The number of nitriles is 1. The Morgan fingerprint density at radius 3 is 2.57 bits per heavy atom. The Balaban J connectivity index is 1.26. The van der Waals surface area contributed by atoms with Gasteiger partial charge < -0.3 is 24.2 Å². The summed E-state index contributed by atoms with van der Waals surface area (Å²) in [5.74, 6) is -1.34. The van der Waals surface area contributed by atoms with Crippen molar-refractivity contribution >= 4 is 22.8 Å². The van der Waals surface area contributed by atoms with Gasteiger partial charge in [-0.25, -0.2) is 18.0 Å². The van der Waals surface area contributed by atoms with Crippen molar-refractivity contribution in [2.24, 2.45) is 0 Å². The number of carbonyl (C=O) groups is 1. The third kappa shape index (κ3) is 5.47. The highest BCUT2D eigenvalue weighted by Gasteiger charge is 2.50. The van der Waals surface area contributed by atoms with Gasteiger partial charge in [-0.15, -0.1) is 0 Å². The molecule has 4 aliphatic heterocycles. The smallest absolute Gasteiger partial charge is 0.407 e. The van der Waals surface area contributed by atoms with Crippen LogP contribution in [0.1, 0.15) is 62.0 Å². The summed E-state index contributed by atoms with van der Waals surface area (Å²) in [6.07, 6.45) is 2.93. The highest BCUT2D eigenvalue weighted by molar-refractivity contribution is 5.94. The van der Waals surface area contributed by atoms with Gasteiger partial charge in [0.05, 0.1) is 34.8 Å². The summed E-state index contributed by atoms with van der Waals surface area (Å²) in [6, 6.07) is 5.76. The van der Waals surface area contributed by atoms with E-state index in [1.54, 1.807) is 6.07 Å². The lowest BCUT2D eigenvalue weighted by molar-refractivity contribution is 0.0511. The fourth-order valence-electron chi connectivity index (χ4n) is 8.70. The molecule has 11 nitrogen and oxygen atoms in total. The largest absolute Gasteiger partial charge is 0.468 e. The van der Waals surface area contributed by atoms with E-state index in [0.717, 1.165) is 32.2 Å². The SMILES string of the molecule is COCOc1cc(C#N)c(C2CC2)c(-c2c(F)cc3c(N4CC5CCC(C4)N5C(=O)O)nc(OC[C@@]45CCCN4C[C@H](F)C5)nc3c2F)c1. The molecule has 5 heterocycles. The number of hydrogen-bond donors (Lipinski definition) is 1. The number of benzene rings is 2. The molecule has 1 amide bonds. The molecule has 1 N–H and O–H groups in total. The Labute approximate surface area is 281 Å². The molecule has 5 aliphatic rings. The summed E-state index contributed by atoms with van der Waals surface area (Å²) in [5, 5.41) is 20.0. The normalized spacial score (nSPS) is 26.3. The Bertz CT molecular complexity index is 1860. The van der Waals surface area contributed by atoms with Crippen molar-refractivity contribution in [3.05, 3.63) is 41.0 Å². The number of nitrogens with zero attached hydrogens (tertiary/aromatic N) is 6. The topological polar surface area (TPSA) is 124 Å². The second-order valence-electron chi connectivity index (χ2n) is 14.0. The number of alkyl halides is 1. The minimum Gasteiger partial charge on any atom is -0.468 e. The first-order valence-electron chi connectivity index (χ1n) is 16.9. The fourth-order valence-corrected chi connectivity index (χ4v) is 8.70. The van der Waals surface area contributed by atoms with Crippen LogP contribution < -0.4 is 14.4 Å². The number of anilines is 1. The highest BCUT2D eigenvalue weighted by Crippen LogP contribution is 2.49. The number of amides is 1. The molecule has 3 aromatic rings. The quantitative estimate of drug-likeness (QED) is 0.287. The molecule has 2 bridgehead atoms. The number of carboxylic acid groups (broad SMARTS) is 1. The minimum atomic E-state index is -0.992. The van der Waals surface area contributed by atoms with Gasteiger partial charge >= 0.3 is 12.1 Å². The minimum absolute atomic E-state index is 0.0316. The zero-order chi connectivity index (χ0) is 34.0. The molecule has 0 radical (unpaired) electrons. The summed E-state index contributed by atoms with van der Waals surface area (Å²) < 4.78 is 64.9. The molecule has 49 heavy (non-hydrogen) atoms. The molecular formula is C35H37F3N6O5. The molecule has 2 unspecified atom stereocenters. The van der Waals surface area contributed by atoms with Crippen LogP contribution in [0.3, 0.4) is 0 Å². The molecule has 1 aliphatic carbocycles. The van der Waals surface area contributed by atoms with Crippen LogP contribution in [0.5, 0.6) is 11.8 Å². The van der Waals surface area contributed by atoms with Crippen molar-refractivity contribution in [2.45, 2.75) is 74.7 Å². The van der Waals surface area contributed by atoms with Crippen LogP contribution in [0.25, 0.3) is 22.0 Å². The molecule has 14 heteroatoms. The van der Waals surface area contributed by atoms with Crippen LogP contribution >= 0.6 is 0 Å². The molecule has 2 aromatic carbocycles. The van der Waals surface area contributed by atoms with Crippen molar-refractivity contribution in [3.63, 3.8) is 0 Å². The lowest BCUT2D eigenvalue weighted by Crippen LogP contribution is -2.55. The average Bonchev–Trinajstić information content (AvgIpc) is 3.69. The zero-order valence-electron chi connectivity index (χ0n) is 27.1. The fraction of sp³-hybridized carbons (Fsp3) is 0.543. The van der Waals surface area contributed by atoms with E-state index in [2.05, 4.69) is 16.0 Å². The van der Waals surface area contributed by atoms with Gasteiger partial charge in [0.25, 0.3) is 0 Å². The van der Waals surface area contributed by atoms with Gasteiger partial charge in [0.2, 0.25) is 0 Å². The van der Waals surface area contributed by atoms with Crippen molar-refractivity contribution in [2.75, 3.05) is 51.6 Å². The summed E-state index contributed by atoms with van der Waals surface area (Å²) in [5.41, 5.74) is 0.0266. The Hall–Kier alpha value is -4.35. The van der Waals surface area contributed by atoms with Crippen LogP contribution in [-0.2, 0) is 4.74 Å². The number of halogens is 3. The van der Waals surface area contributed by atoms with Crippen LogP contribution in [0.4, 0.5) is 23.8 Å². The molecule has 5 fully saturated rings. The molecule has 1 saturated carbocycles. The molecule has 4 saturated heterocycles. The van der Waals surface area contributed by atoms with Crippen molar-refractivity contribution in [3.8, 4) is 29.0 Å². The maximum absolute atomic E-state index is 17.1. The predicted molar refractivity (Wildman–Crippen MR) is 172 cm³/mol. The first-order valence-corrected chi connectivity index (χ1v) is 16.9. The standard InChI is InChI=1S/C35H37F3N6O5/c1-47-18-49-24-9-20(13-39)28(19-3-4-19)25(10-24)29-27(37)11-26-31(30(29)38)40-33(48-17-35-7-2-8-43(35)14-21(36)12-35)41-32(26)42-15-22-5-6-23(16-42)44(22)34(45)46/h9-11,19,21-23H,2-8,12,14-18H2,1H3,(H,45,46)/t21-,22?,23?,35+/m1/s1. The summed E-state index contributed by atoms with van der Waals surface area (Å²) in [7, 11) is 1.45. The van der Waals surface area contributed by atoms with Crippen molar-refractivity contribution < 1.29 is 37.3 Å². The second-order valence-corrected chi connectivity index (χ2v) is 14.0. The van der Waals surface area contributed by atoms with E-state index in [0.29, 0.717) is 31.4 Å². The van der Waals surface area contributed by atoms with E-state index in [4.69, 9.17) is 19.2 Å². The molecule has 258 valence electrons. The number of aromatic nitrogens is 2. The van der Waals surface area contributed by atoms with E-state index in [1.807, 2.05) is 4.90 Å². The van der Waals surface area contributed by atoms with E-state index in [1.165, 1.54) is 24.1 Å². The zero-order valence-corrected chi connectivity index (χ0v) is 27.1. The predicted octanol–water partition coefficient (Wildman–Crippen LogP) is 5.59. The van der Waals surface area contributed by atoms with E-state index in [9.17, 15) is 19.6 Å². The highest BCUT2D eigenvalue weighted by atomic mass is 19.1. The second kappa shape index (κ2) is 12.2. The number of piperazine rings is 1. The number of ether oxygens (including phenoxy) is 3. The summed E-state index contributed by atoms with van der Waals surface area (Å²) in [4.78, 5) is 26.7. The Morgan fingerprint density at radius 2 is 1.88 bits per heavy atom. The third-order valence-corrected chi connectivity index (χ3v) is 10.9. The van der Waals surface area contributed by atoms with Gasteiger partial charge in [0, 0.05) is 38.6 Å². The number of rotatable bonds is 9. The first-order chi connectivity index (χ1) is 23.7. The molecular weight excluding hydrogens is 641 g/mol. The van der Waals surface area contributed by atoms with Crippen LogP contribution in [0, 0.1) is 23.0 Å². The number of methoxy groups -OCH3 is 1. The maximum atomic E-state index is 17.1. The van der Waals surface area contributed by atoms with Gasteiger partial charge in [-0.1, -0.05) is 0 Å². The molecule has 4 atom stereocenters. The molecule has 1 aromatic heterocycles. The summed E-state index contributed by atoms with van der Waals surface area (Å²) in [6.45, 7) is 1.67. The van der Waals surface area contributed by atoms with Gasteiger partial charge in [0.15, 0.2) is 12.6 Å². The van der Waals surface area contributed by atoms with Crippen LogP contribution in [0.15, 0.2) is 18.2 Å². The van der Waals surface area contributed by atoms with Crippen LogP contribution in [0.2, 0.25) is 0 Å². The summed E-state index contributed by atoms with van der Waals surface area (Å²) >= 11 is 0. The Kier molecular flexibility index (Phi) is 7.94. The van der Waals surface area contributed by atoms with Gasteiger partial charge in [-0.3, -0.25) is 9.80 Å². The lowest BCUT2D eigenvalue weighted by Gasteiger charge is -2.40. The van der Waals surface area contributed by atoms with Gasteiger partial charge in [0.1, 0.15) is 35.7 Å². The van der Waals surface area contributed by atoms with E-state index in [-0.39, 0.29) is 89.7 Å². The third-order valence-electron chi connectivity index (χ3n) is 10.9. The van der Waals surface area contributed by atoms with Crippen molar-refractivity contribution in [1.29, 1.82) is 5.26 Å². The average molecular weight is 679 g/mol. The Morgan fingerprint density at radius 1 is 1.10 bits per heavy atom. The number of hydrogen-bond acceptors (Lipinski definition) is 9. The lowest BCUT2D eigenvalue weighted by atomic mass is 9.91. The molecule has 0 spiro atoms. The van der Waals surface area contributed by atoms with E-state index >= 15 is 8.78 Å².